The van der Waals surface area contributed by atoms with Crippen LogP contribution in [0.2, 0.25) is 0 Å². The third kappa shape index (κ3) is 3.45. The van der Waals surface area contributed by atoms with Crippen LogP contribution in [0.25, 0.3) is 0 Å². The summed E-state index contributed by atoms with van der Waals surface area (Å²) in [7, 11) is 0. The Labute approximate surface area is 140 Å². The molecule has 4 atom stereocenters. The lowest BCUT2D eigenvalue weighted by molar-refractivity contribution is 0.00203. The lowest BCUT2D eigenvalue weighted by atomic mass is 9.65. The first kappa shape index (κ1) is 16.9. The summed E-state index contributed by atoms with van der Waals surface area (Å²) in [6.07, 6.45) is 1.01. The molecule has 23 heavy (non-hydrogen) atoms. The molecule has 0 amide bonds. The quantitative estimate of drug-likeness (QED) is 0.824. The van der Waals surface area contributed by atoms with Gasteiger partial charge in [-0.05, 0) is 35.4 Å². The molecule has 2 aliphatic rings. The molecule has 2 saturated heterocycles. The summed E-state index contributed by atoms with van der Waals surface area (Å²) in [6.45, 7) is 8.27. The van der Waals surface area contributed by atoms with Crippen molar-refractivity contribution in [3.8, 4) is 5.75 Å². The smallest absolute Gasteiger partial charge is 0.167 e. The van der Waals surface area contributed by atoms with E-state index in [1.807, 2.05) is 12.1 Å². The Hall–Kier alpha value is -0.950. The first-order valence-electron chi connectivity index (χ1n) is 8.22. The summed E-state index contributed by atoms with van der Waals surface area (Å²) >= 11 is -1.77. The lowest BCUT2D eigenvalue weighted by Gasteiger charge is -2.53. The van der Waals surface area contributed by atoms with E-state index in [2.05, 4.69) is 29.7 Å². The highest BCUT2D eigenvalue weighted by Crippen LogP contribution is 2.43. The van der Waals surface area contributed by atoms with Gasteiger partial charge in [0.05, 0.1) is 0 Å². The van der Waals surface area contributed by atoms with Gasteiger partial charge < -0.3 is 9.66 Å². The SMILES string of the molecule is CC1CN2CCN(CS(=O)O)CC2CC1(C)c1cccc(O)c1. The van der Waals surface area contributed by atoms with Gasteiger partial charge in [-0.15, -0.1) is 0 Å². The van der Waals surface area contributed by atoms with E-state index in [0.29, 0.717) is 17.7 Å². The zero-order valence-electron chi connectivity index (χ0n) is 13.8. The summed E-state index contributed by atoms with van der Waals surface area (Å²) in [5.41, 5.74) is 1.20. The number of nitrogens with zero attached hydrogens (tertiary/aromatic N) is 2. The summed E-state index contributed by atoms with van der Waals surface area (Å²) < 4.78 is 20.2. The maximum absolute atomic E-state index is 11.1. The fraction of sp³-hybridized carbons (Fsp3) is 0.647. The predicted molar refractivity (Wildman–Crippen MR) is 91.8 cm³/mol. The fourth-order valence-corrected chi connectivity index (χ4v) is 4.72. The van der Waals surface area contributed by atoms with Crippen molar-refractivity contribution in [3.05, 3.63) is 29.8 Å². The van der Waals surface area contributed by atoms with Crippen LogP contribution < -0.4 is 0 Å². The van der Waals surface area contributed by atoms with Crippen molar-refractivity contribution in [2.75, 3.05) is 32.1 Å². The molecule has 0 aliphatic carbocycles. The second-order valence-corrected chi connectivity index (χ2v) is 8.15. The van der Waals surface area contributed by atoms with Crippen molar-refractivity contribution in [3.63, 3.8) is 0 Å². The van der Waals surface area contributed by atoms with E-state index in [0.717, 1.165) is 32.6 Å². The van der Waals surface area contributed by atoms with E-state index in [1.165, 1.54) is 5.56 Å². The molecule has 128 valence electrons. The molecular formula is C17H26N2O3S. The van der Waals surface area contributed by atoms with Crippen LogP contribution in [0.4, 0.5) is 0 Å². The molecule has 1 aromatic rings. The van der Waals surface area contributed by atoms with Crippen molar-refractivity contribution >= 4 is 11.1 Å². The van der Waals surface area contributed by atoms with Crippen molar-refractivity contribution in [1.29, 1.82) is 0 Å². The molecule has 0 saturated carbocycles. The number of benzene rings is 1. The Morgan fingerprint density at radius 1 is 1.35 bits per heavy atom. The molecule has 2 N–H and O–H groups in total. The van der Waals surface area contributed by atoms with Gasteiger partial charge in [-0.1, -0.05) is 26.0 Å². The number of piperazine rings is 1. The van der Waals surface area contributed by atoms with Crippen LogP contribution >= 0.6 is 0 Å². The van der Waals surface area contributed by atoms with E-state index < -0.39 is 11.1 Å². The largest absolute Gasteiger partial charge is 0.508 e. The molecule has 0 aromatic heterocycles. The molecule has 2 aliphatic heterocycles. The number of rotatable bonds is 3. The van der Waals surface area contributed by atoms with Gasteiger partial charge in [-0.2, -0.15) is 0 Å². The van der Waals surface area contributed by atoms with Crippen molar-refractivity contribution < 1.29 is 13.9 Å². The first-order valence-corrected chi connectivity index (χ1v) is 9.49. The standard InChI is InChI=1S/C17H26N2O3S/c1-13-10-19-7-6-18(12-23(21)22)11-15(19)9-17(13,2)14-4-3-5-16(20)8-14/h3-5,8,13,15,20H,6-7,9-12H2,1-2H3,(H,21,22). The zero-order valence-corrected chi connectivity index (χ0v) is 14.6. The van der Waals surface area contributed by atoms with Crippen LogP contribution in [-0.2, 0) is 16.5 Å². The van der Waals surface area contributed by atoms with Crippen LogP contribution in [-0.4, -0.2) is 61.8 Å². The third-order valence-corrected chi connectivity index (χ3v) is 6.33. The number of aromatic hydroxyl groups is 1. The topological polar surface area (TPSA) is 64.0 Å². The van der Waals surface area contributed by atoms with Gasteiger partial charge in [-0.25, -0.2) is 4.21 Å². The van der Waals surface area contributed by atoms with E-state index >= 15 is 0 Å². The molecule has 0 spiro atoms. The van der Waals surface area contributed by atoms with Crippen molar-refractivity contribution in [2.24, 2.45) is 5.92 Å². The van der Waals surface area contributed by atoms with Gasteiger partial charge in [0.15, 0.2) is 11.1 Å². The first-order chi connectivity index (χ1) is 10.9. The maximum atomic E-state index is 11.1. The normalized spacial score (nSPS) is 34.0. The average Bonchev–Trinajstić information content (AvgIpc) is 2.48. The Bertz CT molecular complexity index is 597. The molecule has 5 nitrogen and oxygen atoms in total. The minimum Gasteiger partial charge on any atom is -0.508 e. The molecule has 1 aromatic carbocycles. The Balaban J connectivity index is 1.80. The van der Waals surface area contributed by atoms with Gasteiger partial charge >= 0.3 is 0 Å². The fourth-order valence-electron chi connectivity index (χ4n) is 4.17. The monoisotopic (exact) mass is 338 g/mol. The highest BCUT2D eigenvalue weighted by Gasteiger charge is 2.44. The van der Waals surface area contributed by atoms with E-state index in [1.54, 1.807) is 6.07 Å². The van der Waals surface area contributed by atoms with E-state index in [9.17, 15) is 9.32 Å². The summed E-state index contributed by atoms with van der Waals surface area (Å²) in [5.74, 6) is 1.06. The number of fused-ring (bicyclic) bond motifs is 1. The number of phenols is 1. The minimum atomic E-state index is -1.77. The lowest BCUT2D eigenvalue weighted by Crippen LogP contribution is -2.61. The molecule has 0 bridgehead atoms. The molecule has 2 fully saturated rings. The maximum Gasteiger partial charge on any atom is 0.167 e. The Morgan fingerprint density at radius 2 is 2.13 bits per heavy atom. The predicted octanol–water partition coefficient (Wildman–Crippen LogP) is 1.86. The van der Waals surface area contributed by atoms with E-state index in [4.69, 9.17) is 4.55 Å². The second-order valence-electron chi connectivity index (χ2n) is 7.25. The Morgan fingerprint density at radius 3 is 2.83 bits per heavy atom. The number of hydrogen-bond donors (Lipinski definition) is 2. The van der Waals surface area contributed by atoms with Crippen molar-refractivity contribution in [1.82, 2.24) is 9.80 Å². The molecule has 2 heterocycles. The highest BCUT2D eigenvalue weighted by atomic mass is 32.2. The zero-order chi connectivity index (χ0) is 16.6. The van der Waals surface area contributed by atoms with E-state index in [-0.39, 0.29) is 11.3 Å². The minimum absolute atomic E-state index is 0.0152. The molecule has 3 rings (SSSR count). The van der Waals surface area contributed by atoms with Crippen LogP contribution in [0.3, 0.4) is 0 Å². The van der Waals surface area contributed by atoms with Gasteiger partial charge in [0, 0.05) is 32.2 Å². The van der Waals surface area contributed by atoms with Gasteiger partial charge in [0.1, 0.15) is 11.6 Å². The second kappa shape index (κ2) is 6.51. The van der Waals surface area contributed by atoms with Gasteiger partial charge in [0.2, 0.25) is 0 Å². The van der Waals surface area contributed by atoms with Crippen molar-refractivity contribution in [2.45, 2.75) is 31.7 Å². The van der Waals surface area contributed by atoms with Gasteiger partial charge in [0.25, 0.3) is 0 Å². The molecule has 0 radical (unpaired) electrons. The molecule has 4 unspecified atom stereocenters. The third-order valence-electron chi connectivity index (χ3n) is 5.74. The molecular weight excluding hydrogens is 312 g/mol. The number of piperidine rings is 1. The summed E-state index contributed by atoms with van der Waals surface area (Å²) in [6, 6.07) is 8.02. The van der Waals surface area contributed by atoms with Crippen LogP contribution in [0.1, 0.15) is 25.8 Å². The Kier molecular flexibility index (Phi) is 4.78. The summed E-state index contributed by atoms with van der Waals surface area (Å²) in [5, 5.41) is 9.84. The van der Waals surface area contributed by atoms with Crippen LogP contribution in [0, 0.1) is 5.92 Å². The average molecular weight is 338 g/mol. The number of phenolic OH excluding ortho intramolecular Hbond substituents is 1. The van der Waals surface area contributed by atoms with Crippen LogP contribution in [0.5, 0.6) is 5.75 Å². The van der Waals surface area contributed by atoms with Gasteiger partial charge in [-0.3, -0.25) is 9.80 Å². The molecule has 6 heteroatoms. The highest BCUT2D eigenvalue weighted by molar-refractivity contribution is 7.79. The summed E-state index contributed by atoms with van der Waals surface area (Å²) in [4.78, 5) is 4.61. The number of hydrogen-bond acceptors (Lipinski definition) is 4. The van der Waals surface area contributed by atoms with Crippen LogP contribution in [0.15, 0.2) is 24.3 Å².